The van der Waals surface area contributed by atoms with Crippen molar-refractivity contribution >= 4 is 52.7 Å². The number of benzene rings is 1. The maximum Gasteiger partial charge on any atom is 0.416 e. The van der Waals surface area contributed by atoms with Crippen molar-refractivity contribution in [3.8, 4) is 0 Å². The first kappa shape index (κ1) is 21.4. The molecular formula is C19H21FN6O3S2. The van der Waals surface area contributed by atoms with Crippen LogP contribution in [-0.4, -0.2) is 81.8 Å². The Bertz CT molecular complexity index is 997. The molecule has 0 N–H and O–H groups in total. The third-order valence-electron chi connectivity index (χ3n) is 5.39. The van der Waals surface area contributed by atoms with Crippen LogP contribution in [0, 0.1) is 5.82 Å². The Kier molecular flexibility index (Phi) is 6.01. The van der Waals surface area contributed by atoms with Crippen molar-refractivity contribution in [3.05, 3.63) is 42.7 Å². The van der Waals surface area contributed by atoms with Gasteiger partial charge >= 0.3 is 6.09 Å². The van der Waals surface area contributed by atoms with E-state index < -0.39 is 23.4 Å². The quantitative estimate of drug-likeness (QED) is 0.552. The summed E-state index contributed by atoms with van der Waals surface area (Å²) in [5.41, 5.74) is 0.831. The highest BCUT2D eigenvalue weighted by Crippen LogP contribution is 2.29. The molecule has 164 valence electrons. The van der Waals surface area contributed by atoms with Crippen molar-refractivity contribution in [1.82, 2.24) is 19.4 Å². The van der Waals surface area contributed by atoms with E-state index in [9.17, 15) is 14.0 Å². The second-order valence-electron chi connectivity index (χ2n) is 7.20. The fourth-order valence-electron chi connectivity index (χ4n) is 3.58. The molecular weight excluding hydrogens is 443 g/mol. The molecule has 4 rings (SSSR count). The number of hydrogen-bond donors (Lipinski definition) is 1. The summed E-state index contributed by atoms with van der Waals surface area (Å²) in [6, 6.07) is 4.64. The molecule has 1 aromatic carbocycles. The number of carbonyl (C=O) groups excluding carboxylic acids is 2. The number of aromatic nitrogens is 2. The number of thiol groups is 1. The predicted octanol–water partition coefficient (Wildman–Crippen LogP) is 2.24. The van der Waals surface area contributed by atoms with Crippen LogP contribution in [-0.2, 0) is 4.74 Å². The summed E-state index contributed by atoms with van der Waals surface area (Å²) in [6.45, 7) is 2.62. The molecule has 1 atom stereocenters. The van der Waals surface area contributed by atoms with Gasteiger partial charge in [0.1, 0.15) is 12.1 Å². The zero-order valence-corrected chi connectivity index (χ0v) is 18.4. The summed E-state index contributed by atoms with van der Waals surface area (Å²) < 4.78 is 21.9. The van der Waals surface area contributed by atoms with E-state index in [1.807, 2.05) is 4.90 Å². The number of nitrogens with zero attached hydrogens (tertiary/aromatic N) is 6. The number of cyclic esters (lactones) is 1. The Balaban J connectivity index is 1.41. The maximum absolute atomic E-state index is 14.9. The molecule has 2 saturated heterocycles. The highest BCUT2D eigenvalue weighted by Gasteiger charge is 2.36. The molecule has 0 spiro atoms. The summed E-state index contributed by atoms with van der Waals surface area (Å²) >= 11 is 9.22. The zero-order chi connectivity index (χ0) is 22.1. The summed E-state index contributed by atoms with van der Waals surface area (Å²) in [7, 11) is 1.48. The number of anilines is 2. The van der Waals surface area contributed by atoms with Crippen LogP contribution in [0.4, 0.5) is 25.4 Å². The molecule has 2 aliphatic heterocycles. The molecule has 2 aliphatic rings. The normalized spacial score (nSPS) is 18.9. The zero-order valence-electron chi connectivity index (χ0n) is 16.7. The molecule has 0 radical (unpaired) electrons. The lowest BCUT2D eigenvalue weighted by atomic mass is 10.2. The van der Waals surface area contributed by atoms with Crippen LogP contribution in [0.15, 0.2) is 36.9 Å². The van der Waals surface area contributed by atoms with Crippen LogP contribution in [0.5, 0.6) is 0 Å². The topological polar surface area (TPSA) is 74.2 Å². The van der Waals surface area contributed by atoms with Crippen LogP contribution in [0.2, 0.25) is 0 Å². The Morgan fingerprint density at radius 3 is 2.68 bits per heavy atom. The summed E-state index contributed by atoms with van der Waals surface area (Å²) in [5, 5.41) is 0.146. The van der Waals surface area contributed by atoms with E-state index >= 15 is 0 Å². The van der Waals surface area contributed by atoms with Gasteiger partial charge in [-0.3, -0.25) is 19.2 Å². The average molecular weight is 465 g/mol. The minimum atomic E-state index is -0.771. The van der Waals surface area contributed by atoms with Crippen molar-refractivity contribution in [2.45, 2.75) is 6.23 Å². The first-order valence-corrected chi connectivity index (χ1v) is 10.5. The van der Waals surface area contributed by atoms with E-state index in [0.717, 1.165) is 0 Å². The molecule has 2 amide bonds. The predicted molar refractivity (Wildman–Crippen MR) is 120 cm³/mol. The highest BCUT2D eigenvalue weighted by atomic mass is 32.1. The van der Waals surface area contributed by atoms with Crippen LogP contribution in [0.1, 0.15) is 0 Å². The maximum atomic E-state index is 14.9. The van der Waals surface area contributed by atoms with Crippen molar-refractivity contribution in [3.63, 3.8) is 0 Å². The molecule has 12 heteroatoms. The Morgan fingerprint density at radius 1 is 1.32 bits per heavy atom. The van der Waals surface area contributed by atoms with Crippen LogP contribution >= 0.6 is 24.8 Å². The Morgan fingerprint density at radius 2 is 2.06 bits per heavy atom. The molecule has 1 aromatic heterocycles. The smallest absolute Gasteiger partial charge is 0.416 e. The van der Waals surface area contributed by atoms with E-state index in [4.69, 9.17) is 17.0 Å². The molecule has 3 heterocycles. The highest BCUT2D eigenvalue weighted by molar-refractivity contribution is 7.96. The molecule has 0 bridgehead atoms. The van der Waals surface area contributed by atoms with Crippen molar-refractivity contribution in [1.29, 1.82) is 0 Å². The SMILES string of the molecule is CN(C(=O)S)C1CN(c2ccc(N3CCN(C(=S)n4ccnc4)CC3)c(F)c2)C(=O)O1. The van der Waals surface area contributed by atoms with Crippen molar-refractivity contribution in [2.24, 2.45) is 0 Å². The average Bonchev–Trinajstić information content (AvgIpc) is 3.43. The molecule has 0 aliphatic carbocycles. The summed E-state index contributed by atoms with van der Waals surface area (Å²) in [4.78, 5) is 34.1. The van der Waals surface area contributed by atoms with Gasteiger partial charge in [-0.2, -0.15) is 0 Å². The van der Waals surface area contributed by atoms with Crippen LogP contribution in [0.3, 0.4) is 0 Å². The number of rotatable bonds is 3. The first-order chi connectivity index (χ1) is 14.8. The van der Waals surface area contributed by atoms with Crippen molar-refractivity contribution < 1.29 is 18.7 Å². The van der Waals surface area contributed by atoms with Gasteiger partial charge in [0, 0.05) is 45.6 Å². The van der Waals surface area contributed by atoms with E-state index in [-0.39, 0.29) is 6.54 Å². The fourth-order valence-corrected chi connectivity index (χ4v) is 4.00. The van der Waals surface area contributed by atoms with Gasteiger partial charge in [0.25, 0.3) is 5.24 Å². The largest absolute Gasteiger partial charge is 0.423 e. The number of imidazole rings is 1. The van der Waals surface area contributed by atoms with E-state index in [0.29, 0.717) is 42.7 Å². The molecule has 31 heavy (non-hydrogen) atoms. The molecule has 0 saturated carbocycles. The van der Waals surface area contributed by atoms with Gasteiger partial charge in [-0.25, -0.2) is 14.2 Å². The second-order valence-corrected chi connectivity index (χ2v) is 7.95. The van der Waals surface area contributed by atoms with Gasteiger partial charge < -0.3 is 14.5 Å². The number of likely N-dealkylation sites (N-methyl/N-ethyl adjacent to an activating group) is 1. The van der Waals surface area contributed by atoms with Crippen LogP contribution < -0.4 is 9.80 Å². The lowest BCUT2D eigenvalue weighted by Crippen LogP contribution is -2.50. The Hall–Kier alpha value is -2.86. The van der Waals surface area contributed by atoms with E-state index in [1.54, 1.807) is 35.4 Å². The van der Waals surface area contributed by atoms with Gasteiger partial charge in [0.2, 0.25) is 0 Å². The number of ether oxygens (including phenoxy) is 1. The van der Waals surface area contributed by atoms with Gasteiger partial charge in [0.05, 0.1) is 17.9 Å². The number of halogens is 1. The molecule has 2 aromatic rings. The summed E-state index contributed by atoms with van der Waals surface area (Å²) in [5.74, 6) is -0.432. The van der Waals surface area contributed by atoms with Gasteiger partial charge in [-0.15, -0.1) is 0 Å². The van der Waals surface area contributed by atoms with Crippen LogP contribution in [0.25, 0.3) is 0 Å². The molecule has 1 unspecified atom stereocenters. The minimum absolute atomic E-state index is 0.102. The van der Waals surface area contributed by atoms with Crippen molar-refractivity contribution in [2.75, 3.05) is 49.6 Å². The lowest BCUT2D eigenvalue weighted by molar-refractivity contribution is 0.0670. The van der Waals surface area contributed by atoms with Gasteiger partial charge in [-0.05, 0) is 30.4 Å². The first-order valence-electron chi connectivity index (χ1n) is 9.61. The number of hydrogen-bond acceptors (Lipinski definition) is 6. The number of carbonyl (C=O) groups is 2. The van der Waals surface area contributed by atoms with Gasteiger partial charge in [-0.1, -0.05) is 12.6 Å². The lowest BCUT2D eigenvalue weighted by Gasteiger charge is -2.37. The number of piperazine rings is 1. The molecule has 2 fully saturated rings. The standard InChI is InChI=1S/C19H21FN6O3S2/c1-22(19(28)31)16-11-26(18(27)29-16)13-2-3-15(14(20)10-13)23-6-8-24(9-7-23)17(30)25-5-4-21-12-25/h2-5,10,12,16H,6-9,11H2,1H3,(H,28,31). The monoisotopic (exact) mass is 464 g/mol. The fraction of sp³-hybridized carbons (Fsp3) is 0.368. The summed E-state index contributed by atoms with van der Waals surface area (Å²) in [6.07, 6.45) is 3.72. The number of amides is 2. The van der Waals surface area contributed by atoms with E-state index in [2.05, 4.69) is 22.5 Å². The number of thiocarbonyl (C=S) groups is 1. The van der Waals surface area contributed by atoms with E-state index in [1.165, 1.54) is 22.9 Å². The third-order valence-corrected chi connectivity index (χ3v) is 6.17. The van der Waals surface area contributed by atoms with Gasteiger partial charge in [0.15, 0.2) is 11.3 Å². The second kappa shape index (κ2) is 8.71. The minimum Gasteiger partial charge on any atom is -0.423 e. The Labute approximate surface area is 189 Å². The molecule has 9 nitrogen and oxygen atoms in total. The third kappa shape index (κ3) is 4.30.